The van der Waals surface area contributed by atoms with Gasteiger partial charge in [0.05, 0.1) is 16.9 Å². The monoisotopic (exact) mass is 329 g/mol. The molecule has 0 spiro atoms. The van der Waals surface area contributed by atoms with E-state index in [1.807, 2.05) is 6.92 Å². The molecule has 0 atom stereocenters. The zero-order valence-corrected chi connectivity index (χ0v) is 13.3. The van der Waals surface area contributed by atoms with Gasteiger partial charge in [-0.25, -0.2) is 9.38 Å². The molecule has 0 aliphatic heterocycles. The number of anilines is 2. The van der Waals surface area contributed by atoms with Crippen molar-refractivity contribution in [3.05, 3.63) is 53.3 Å². The van der Waals surface area contributed by atoms with Crippen LogP contribution in [0.2, 0.25) is 0 Å². The average Bonchev–Trinajstić information content (AvgIpc) is 2.54. The highest BCUT2D eigenvalue weighted by molar-refractivity contribution is 6.07. The highest BCUT2D eigenvalue weighted by Crippen LogP contribution is 2.32. The third-order valence-electron chi connectivity index (χ3n) is 3.39. The largest absolute Gasteiger partial charge is 0.505 e. The Bertz CT molecular complexity index is 771. The van der Waals surface area contributed by atoms with Gasteiger partial charge in [-0.1, -0.05) is 12.1 Å². The van der Waals surface area contributed by atoms with Crippen molar-refractivity contribution in [1.82, 2.24) is 0 Å². The van der Waals surface area contributed by atoms with E-state index in [1.165, 1.54) is 12.1 Å². The van der Waals surface area contributed by atoms with Crippen LogP contribution >= 0.6 is 0 Å². The van der Waals surface area contributed by atoms with Crippen molar-refractivity contribution in [2.24, 2.45) is 10.7 Å². The zero-order valence-electron chi connectivity index (χ0n) is 13.3. The quantitative estimate of drug-likeness (QED) is 0.250. The summed E-state index contributed by atoms with van der Waals surface area (Å²) in [6.07, 6.45) is 0.272. The number of amidine groups is 2. The van der Waals surface area contributed by atoms with Gasteiger partial charge in [0.15, 0.2) is 11.6 Å². The van der Waals surface area contributed by atoms with Gasteiger partial charge in [0.25, 0.3) is 0 Å². The number of phenolic OH excluding ortho intramolecular Hbond substituents is 1. The Morgan fingerprint density at radius 2 is 1.92 bits per heavy atom. The van der Waals surface area contributed by atoms with Crippen molar-refractivity contribution in [3.8, 4) is 5.75 Å². The Labute approximate surface area is 139 Å². The second-order valence-electron chi connectivity index (χ2n) is 5.21. The lowest BCUT2D eigenvalue weighted by Gasteiger charge is -2.12. The number of nitrogen functional groups attached to an aromatic ring is 1. The minimum absolute atomic E-state index is 0.159. The molecule has 6 nitrogen and oxygen atoms in total. The molecule has 0 heterocycles. The summed E-state index contributed by atoms with van der Waals surface area (Å²) in [6, 6.07) is 9.10. The SMILES string of the molecule is CCNc1ccc(C(=N)N=C(N)Cc2ccc(F)cc2)c(O)c1N. The van der Waals surface area contributed by atoms with Gasteiger partial charge in [-0.05, 0) is 36.8 Å². The van der Waals surface area contributed by atoms with Crippen LogP contribution in [0.15, 0.2) is 41.4 Å². The van der Waals surface area contributed by atoms with E-state index in [1.54, 1.807) is 24.3 Å². The first kappa shape index (κ1) is 17.3. The molecule has 0 bridgehead atoms. The Morgan fingerprint density at radius 3 is 2.54 bits per heavy atom. The molecule has 0 fully saturated rings. The lowest BCUT2D eigenvalue weighted by Crippen LogP contribution is -2.17. The van der Waals surface area contributed by atoms with Crippen LogP contribution in [0.5, 0.6) is 5.75 Å². The van der Waals surface area contributed by atoms with Gasteiger partial charge >= 0.3 is 0 Å². The predicted octanol–water partition coefficient (Wildman–Crippen LogP) is 2.47. The van der Waals surface area contributed by atoms with Crippen LogP contribution in [0.3, 0.4) is 0 Å². The summed E-state index contributed by atoms with van der Waals surface area (Å²) in [5.41, 5.74) is 13.4. The number of nitrogens with two attached hydrogens (primary N) is 2. The molecule has 0 aromatic heterocycles. The lowest BCUT2D eigenvalue weighted by molar-refractivity contribution is 0.477. The molecule has 2 aromatic carbocycles. The molecule has 7 heteroatoms. The van der Waals surface area contributed by atoms with Crippen LogP contribution in [0.1, 0.15) is 18.1 Å². The second-order valence-corrected chi connectivity index (χ2v) is 5.21. The molecule has 7 N–H and O–H groups in total. The summed E-state index contributed by atoms with van der Waals surface area (Å²) in [4.78, 5) is 3.99. The number of aliphatic imine (C=N–C) groups is 1. The maximum Gasteiger partial charge on any atom is 0.157 e. The first-order chi connectivity index (χ1) is 11.4. The molecule has 0 saturated heterocycles. The van der Waals surface area contributed by atoms with Gasteiger partial charge < -0.3 is 21.9 Å². The Kier molecular flexibility index (Phi) is 5.36. The van der Waals surface area contributed by atoms with E-state index in [0.717, 1.165) is 5.56 Å². The fourth-order valence-electron chi connectivity index (χ4n) is 2.20. The Balaban J connectivity index is 2.19. The average molecular weight is 329 g/mol. The van der Waals surface area contributed by atoms with Crippen LogP contribution < -0.4 is 16.8 Å². The standard InChI is InChI=1S/C17H20FN5O/c1-2-22-13-8-7-12(16(24)15(13)20)17(21)23-14(19)9-10-3-5-11(18)6-4-10/h3-8,22,24H,2,9,20H2,1H3,(H3,19,21,23). The number of rotatable bonds is 5. The van der Waals surface area contributed by atoms with E-state index in [4.69, 9.17) is 16.9 Å². The minimum atomic E-state index is -0.330. The third kappa shape index (κ3) is 4.01. The van der Waals surface area contributed by atoms with Crippen LogP contribution in [0, 0.1) is 11.2 Å². The summed E-state index contributed by atoms with van der Waals surface area (Å²) < 4.78 is 12.9. The van der Waals surface area contributed by atoms with Crippen molar-refractivity contribution in [3.63, 3.8) is 0 Å². The van der Waals surface area contributed by atoms with E-state index in [0.29, 0.717) is 12.2 Å². The highest BCUT2D eigenvalue weighted by Gasteiger charge is 2.13. The molecule has 0 aliphatic carbocycles. The van der Waals surface area contributed by atoms with E-state index in [9.17, 15) is 9.50 Å². The number of benzene rings is 2. The van der Waals surface area contributed by atoms with Crippen LogP contribution in [-0.4, -0.2) is 23.3 Å². The molecule has 2 aromatic rings. The Hall–Kier alpha value is -3.09. The van der Waals surface area contributed by atoms with E-state index >= 15 is 0 Å². The van der Waals surface area contributed by atoms with Crippen LogP contribution in [0.25, 0.3) is 0 Å². The summed E-state index contributed by atoms with van der Waals surface area (Å²) in [5, 5.41) is 21.2. The summed E-state index contributed by atoms with van der Waals surface area (Å²) in [5.74, 6) is -0.554. The van der Waals surface area contributed by atoms with Crippen molar-refractivity contribution < 1.29 is 9.50 Å². The molecule has 0 aliphatic rings. The number of nitrogens with one attached hydrogen (secondary N) is 2. The molecule has 0 amide bonds. The van der Waals surface area contributed by atoms with Crippen molar-refractivity contribution in [1.29, 1.82) is 5.41 Å². The number of nitrogens with zero attached hydrogens (tertiary/aromatic N) is 1. The van der Waals surface area contributed by atoms with Gasteiger partial charge in [-0.2, -0.15) is 0 Å². The van der Waals surface area contributed by atoms with E-state index in [-0.39, 0.29) is 40.9 Å². The van der Waals surface area contributed by atoms with Gasteiger partial charge in [-0.3, -0.25) is 5.41 Å². The van der Waals surface area contributed by atoms with Gasteiger partial charge in [-0.15, -0.1) is 0 Å². The van der Waals surface area contributed by atoms with Gasteiger partial charge in [0.2, 0.25) is 0 Å². The molecule has 0 radical (unpaired) electrons. The molecular weight excluding hydrogens is 309 g/mol. The fourth-order valence-corrected chi connectivity index (χ4v) is 2.20. The second kappa shape index (κ2) is 7.45. The number of hydrogen-bond donors (Lipinski definition) is 5. The maximum absolute atomic E-state index is 12.9. The third-order valence-corrected chi connectivity index (χ3v) is 3.39. The smallest absolute Gasteiger partial charge is 0.157 e. The predicted molar refractivity (Wildman–Crippen MR) is 95.2 cm³/mol. The number of aromatic hydroxyl groups is 1. The van der Waals surface area contributed by atoms with Crippen molar-refractivity contribution in [2.45, 2.75) is 13.3 Å². The maximum atomic E-state index is 12.9. The zero-order chi connectivity index (χ0) is 17.7. The number of halogens is 1. The van der Waals surface area contributed by atoms with E-state index < -0.39 is 0 Å². The topological polar surface area (TPSA) is 121 Å². The number of phenols is 1. The summed E-state index contributed by atoms with van der Waals surface area (Å²) >= 11 is 0. The molecule has 0 unspecified atom stereocenters. The number of hydrogen-bond acceptors (Lipinski definition) is 4. The molecule has 126 valence electrons. The molecular formula is C17H20FN5O. The minimum Gasteiger partial charge on any atom is -0.505 e. The van der Waals surface area contributed by atoms with E-state index in [2.05, 4.69) is 10.3 Å². The normalized spacial score (nSPS) is 11.3. The highest BCUT2D eigenvalue weighted by atomic mass is 19.1. The summed E-state index contributed by atoms with van der Waals surface area (Å²) in [7, 11) is 0. The van der Waals surface area contributed by atoms with Gasteiger partial charge in [0, 0.05) is 13.0 Å². The summed E-state index contributed by atoms with van der Waals surface area (Å²) in [6.45, 7) is 2.57. The van der Waals surface area contributed by atoms with Gasteiger partial charge in [0.1, 0.15) is 11.7 Å². The first-order valence-corrected chi connectivity index (χ1v) is 7.44. The van der Waals surface area contributed by atoms with Crippen molar-refractivity contribution in [2.75, 3.05) is 17.6 Å². The van der Waals surface area contributed by atoms with Crippen molar-refractivity contribution >= 4 is 23.0 Å². The molecule has 0 saturated carbocycles. The van der Waals surface area contributed by atoms with Crippen LogP contribution in [0.4, 0.5) is 15.8 Å². The Morgan fingerprint density at radius 1 is 1.25 bits per heavy atom. The lowest BCUT2D eigenvalue weighted by atomic mass is 10.1. The molecule has 2 rings (SSSR count). The first-order valence-electron chi connectivity index (χ1n) is 7.44. The van der Waals surface area contributed by atoms with Crippen LogP contribution in [-0.2, 0) is 6.42 Å². The molecule has 24 heavy (non-hydrogen) atoms. The fraction of sp³-hybridized carbons (Fsp3) is 0.176.